The first-order valence-corrected chi connectivity index (χ1v) is 7.36. The van der Waals surface area contributed by atoms with E-state index in [0.29, 0.717) is 5.56 Å². The molecule has 1 aromatic carbocycles. The van der Waals surface area contributed by atoms with Gasteiger partial charge < -0.3 is 15.2 Å². The molecule has 1 aromatic heterocycles. The lowest BCUT2D eigenvalue weighted by atomic mass is 9.82. The van der Waals surface area contributed by atoms with Crippen molar-refractivity contribution in [3.05, 3.63) is 35.9 Å². The summed E-state index contributed by atoms with van der Waals surface area (Å²) in [5, 5.41) is 22.7. The zero-order valence-corrected chi connectivity index (χ0v) is 12.9. The van der Waals surface area contributed by atoms with Crippen LogP contribution in [-0.4, -0.2) is 49.8 Å². The van der Waals surface area contributed by atoms with Gasteiger partial charge >= 0.3 is 12.1 Å². The summed E-state index contributed by atoms with van der Waals surface area (Å²) in [5.41, 5.74) is -3.27. The molecule has 0 amide bonds. The lowest BCUT2D eigenvalue weighted by Gasteiger charge is -2.43. The maximum atomic E-state index is 13.7. The average molecular weight is 357 g/mol. The summed E-state index contributed by atoms with van der Waals surface area (Å²) < 4.78 is 46.8. The average Bonchev–Trinajstić information content (AvgIpc) is 3.01. The van der Waals surface area contributed by atoms with Crippen molar-refractivity contribution < 1.29 is 27.8 Å². The predicted octanol–water partition coefficient (Wildman–Crippen LogP) is 1.12. The molecule has 3 atom stereocenters. The number of hydrogen-bond acceptors (Lipinski definition) is 7. The second kappa shape index (κ2) is 5.99. The standard InChI is InChI=1S/C14H14F3N5O3/c1-2-25-11(23)9-10(8-6-4-3-5-7-8)22-12(19-20-21-22)18-13(9,24)14(15,16)17/h3-7,9-10,24H,2H2,1H3,(H,18,19,21)/t9-,10+,13-/m0/s1. The summed E-state index contributed by atoms with van der Waals surface area (Å²) in [4.78, 5) is 12.4. The summed E-state index contributed by atoms with van der Waals surface area (Å²) in [6.45, 7) is 1.31. The first-order chi connectivity index (χ1) is 11.8. The molecule has 8 nitrogen and oxygen atoms in total. The molecule has 0 spiro atoms. The lowest BCUT2D eigenvalue weighted by Crippen LogP contribution is -2.64. The van der Waals surface area contributed by atoms with Gasteiger partial charge in [0, 0.05) is 0 Å². The topological polar surface area (TPSA) is 102 Å². The number of carbonyl (C=O) groups excluding carboxylic acids is 1. The van der Waals surface area contributed by atoms with Gasteiger partial charge in [-0.05, 0) is 22.9 Å². The molecule has 0 aliphatic carbocycles. The number of nitrogens with one attached hydrogen (secondary N) is 1. The SMILES string of the molecule is CCOC(=O)[C@@H]1[C@@H](c2ccccc2)n2nnnc2N[C@@]1(O)C(F)(F)F. The molecule has 0 saturated carbocycles. The highest BCUT2D eigenvalue weighted by atomic mass is 19.4. The third-order valence-electron chi connectivity index (χ3n) is 3.94. The van der Waals surface area contributed by atoms with Crippen LogP contribution in [0.5, 0.6) is 0 Å². The molecule has 2 heterocycles. The Bertz CT molecular complexity index is 767. The molecule has 0 radical (unpaired) electrons. The largest absolute Gasteiger partial charge is 0.466 e. The van der Waals surface area contributed by atoms with Gasteiger partial charge in [0.2, 0.25) is 5.95 Å². The summed E-state index contributed by atoms with van der Waals surface area (Å²) in [6.07, 6.45) is -5.19. The number of ether oxygens (including phenoxy) is 1. The van der Waals surface area contributed by atoms with Crippen LogP contribution in [0.1, 0.15) is 18.5 Å². The number of nitrogens with zero attached hydrogens (tertiary/aromatic N) is 4. The van der Waals surface area contributed by atoms with E-state index in [9.17, 15) is 23.1 Å². The molecular weight excluding hydrogens is 343 g/mol. The Morgan fingerprint density at radius 1 is 1.40 bits per heavy atom. The van der Waals surface area contributed by atoms with E-state index in [4.69, 9.17) is 4.74 Å². The van der Waals surface area contributed by atoms with Crippen LogP contribution in [0.25, 0.3) is 0 Å². The van der Waals surface area contributed by atoms with E-state index in [-0.39, 0.29) is 6.61 Å². The van der Waals surface area contributed by atoms with Gasteiger partial charge in [-0.1, -0.05) is 35.4 Å². The number of benzene rings is 1. The van der Waals surface area contributed by atoms with Gasteiger partial charge in [-0.3, -0.25) is 4.79 Å². The second-order valence-corrected chi connectivity index (χ2v) is 5.42. The number of aromatic nitrogens is 4. The molecule has 0 saturated heterocycles. The molecule has 25 heavy (non-hydrogen) atoms. The molecule has 2 N–H and O–H groups in total. The molecule has 11 heteroatoms. The van der Waals surface area contributed by atoms with E-state index >= 15 is 0 Å². The van der Waals surface area contributed by atoms with E-state index in [1.165, 1.54) is 19.1 Å². The summed E-state index contributed by atoms with van der Waals surface area (Å²) in [7, 11) is 0. The number of fused-ring (bicyclic) bond motifs is 1. The molecule has 0 bridgehead atoms. The Labute approximate surface area is 139 Å². The van der Waals surface area contributed by atoms with Gasteiger partial charge in [0.15, 0.2) is 0 Å². The monoisotopic (exact) mass is 357 g/mol. The smallest absolute Gasteiger partial charge is 0.437 e. The number of hydrogen-bond donors (Lipinski definition) is 2. The predicted molar refractivity (Wildman–Crippen MR) is 77.1 cm³/mol. The number of anilines is 1. The normalized spacial score (nSPS) is 25.8. The van der Waals surface area contributed by atoms with Crippen molar-refractivity contribution in [1.29, 1.82) is 0 Å². The van der Waals surface area contributed by atoms with Gasteiger partial charge in [-0.15, -0.1) is 0 Å². The van der Waals surface area contributed by atoms with Crippen molar-refractivity contribution in [3.63, 3.8) is 0 Å². The lowest BCUT2D eigenvalue weighted by molar-refractivity contribution is -0.274. The minimum atomic E-state index is -5.19. The van der Waals surface area contributed by atoms with Gasteiger partial charge in [0.05, 0.1) is 6.61 Å². The number of alkyl halides is 3. The molecule has 1 aliphatic heterocycles. The molecule has 3 rings (SSSR count). The Hall–Kier alpha value is -2.69. The molecular formula is C14H14F3N5O3. The fourth-order valence-corrected chi connectivity index (χ4v) is 2.84. The Balaban J connectivity index is 2.22. The van der Waals surface area contributed by atoms with Crippen molar-refractivity contribution in [2.24, 2.45) is 5.92 Å². The maximum Gasteiger partial charge on any atom is 0.437 e. The van der Waals surface area contributed by atoms with Crippen molar-refractivity contribution in [1.82, 2.24) is 20.2 Å². The molecule has 2 aromatic rings. The number of carbonyl (C=O) groups is 1. The number of esters is 1. The number of tetrazole rings is 1. The van der Waals surface area contributed by atoms with E-state index in [2.05, 4.69) is 15.5 Å². The van der Waals surface area contributed by atoms with Gasteiger partial charge in [0.1, 0.15) is 12.0 Å². The Morgan fingerprint density at radius 2 is 2.08 bits per heavy atom. The first-order valence-electron chi connectivity index (χ1n) is 7.36. The highest BCUT2D eigenvalue weighted by Crippen LogP contribution is 2.47. The van der Waals surface area contributed by atoms with Crippen LogP contribution in [0.4, 0.5) is 19.1 Å². The van der Waals surface area contributed by atoms with E-state index < -0.39 is 35.8 Å². The molecule has 1 aliphatic rings. The fourth-order valence-electron chi connectivity index (χ4n) is 2.84. The first kappa shape index (κ1) is 17.1. The minimum absolute atomic E-state index is 0.146. The van der Waals surface area contributed by atoms with Crippen LogP contribution in [0.15, 0.2) is 30.3 Å². The zero-order chi connectivity index (χ0) is 18.2. The molecule has 0 unspecified atom stereocenters. The van der Waals surface area contributed by atoms with E-state index in [0.717, 1.165) is 4.68 Å². The minimum Gasteiger partial charge on any atom is -0.466 e. The maximum absolute atomic E-state index is 13.7. The summed E-state index contributed by atoms with van der Waals surface area (Å²) >= 11 is 0. The van der Waals surface area contributed by atoms with Crippen LogP contribution >= 0.6 is 0 Å². The fraction of sp³-hybridized carbons (Fsp3) is 0.429. The summed E-state index contributed by atoms with van der Waals surface area (Å²) in [5.74, 6) is -3.68. The number of aliphatic hydroxyl groups is 1. The second-order valence-electron chi connectivity index (χ2n) is 5.42. The Kier molecular flexibility index (Phi) is 4.11. The third-order valence-corrected chi connectivity index (χ3v) is 3.94. The van der Waals surface area contributed by atoms with Gasteiger partial charge in [-0.25, -0.2) is 4.68 Å². The highest BCUT2D eigenvalue weighted by Gasteiger charge is 2.67. The van der Waals surface area contributed by atoms with Crippen molar-refractivity contribution in [3.8, 4) is 0 Å². The van der Waals surface area contributed by atoms with E-state index in [1.54, 1.807) is 18.2 Å². The van der Waals surface area contributed by atoms with Crippen LogP contribution in [0.2, 0.25) is 0 Å². The molecule has 0 fully saturated rings. The van der Waals surface area contributed by atoms with Crippen molar-refractivity contribution in [2.45, 2.75) is 24.9 Å². The summed E-state index contributed by atoms with van der Waals surface area (Å²) in [6, 6.07) is 6.58. The van der Waals surface area contributed by atoms with Crippen LogP contribution in [0, 0.1) is 5.92 Å². The van der Waals surface area contributed by atoms with E-state index in [1.807, 2.05) is 5.32 Å². The van der Waals surface area contributed by atoms with Crippen LogP contribution in [-0.2, 0) is 9.53 Å². The Morgan fingerprint density at radius 3 is 2.68 bits per heavy atom. The molecule has 134 valence electrons. The zero-order valence-electron chi connectivity index (χ0n) is 12.9. The van der Waals surface area contributed by atoms with Crippen LogP contribution in [0.3, 0.4) is 0 Å². The highest BCUT2D eigenvalue weighted by molar-refractivity contribution is 5.77. The van der Waals surface area contributed by atoms with Gasteiger partial charge in [-0.2, -0.15) is 13.2 Å². The van der Waals surface area contributed by atoms with Crippen molar-refractivity contribution >= 4 is 11.9 Å². The van der Waals surface area contributed by atoms with Crippen LogP contribution < -0.4 is 5.32 Å². The quantitative estimate of drug-likeness (QED) is 0.794. The number of halogens is 3. The third kappa shape index (κ3) is 2.69. The van der Waals surface area contributed by atoms with Crippen molar-refractivity contribution in [2.75, 3.05) is 11.9 Å². The van der Waals surface area contributed by atoms with Gasteiger partial charge in [0.25, 0.3) is 5.72 Å². The number of rotatable bonds is 3.